The average Bonchev–Trinajstić information content (AvgIpc) is 3.08. The minimum Gasteiger partial charge on any atom is -0.406 e. The molecule has 3 aromatic carbocycles. The Kier molecular flexibility index (Phi) is 5.84. The Bertz CT molecular complexity index is 1420. The van der Waals surface area contributed by atoms with Crippen LogP contribution in [0.2, 0.25) is 0 Å². The number of hydrogen-bond donors (Lipinski definition) is 0. The van der Waals surface area contributed by atoms with E-state index in [1.54, 1.807) is 36.4 Å². The number of fused-ring (bicyclic) bond motifs is 2. The smallest absolute Gasteiger partial charge is 0.406 e. The van der Waals surface area contributed by atoms with Gasteiger partial charge in [-0.3, -0.25) is 14.5 Å². The number of ether oxygens (including phenoxy) is 1. The highest BCUT2D eigenvalue weighted by Gasteiger charge is 2.42. The Morgan fingerprint density at radius 3 is 2.06 bits per heavy atom. The molecule has 0 saturated heterocycles. The maximum atomic E-state index is 13.6. The Hall–Kier alpha value is -3.70. The molecule has 186 valence electrons. The summed E-state index contributed by atoms with van der Waals surface area (Å²) < 4.78 is 69.8. The number of sulfonamides is 1. The van der Waals surface area contributed by atoms with Crippen LogP contribution < -0.4 is 4.74 Å². The summed E-state index contributed by atoms with van der Waals surface area (Å²) >= 11 is 0. The van der Waals surface area contributed by atoms with Crippen LogP contribution in [0, 0.1) is 0 Å². The van der Waals surface area contributed by atoms with E-state index in [1.165, 1.54) is 4.31 Å². The topological polar surface area (TPSA) is 84.0 Å². The van der Waals surface area contributed by atoms with Gasteiger partial charge in [-0.15, -0.1) is 13.2 Å². The third-order valence-corrected chi connectivity index (χ3v) is 8.18. The first kappa shape index (κ1) is 24.0. The number of benzene rings is 3. The zero-order valence-electron chi connectivity index (χ0n) is 18.6. The maximum Gasteiger partial charge on any atom is 0.573 e. The second kappa shape index (κ2) is 8.75. The van der Waals surface area contributed by atoms with E-state index in [1.807, 2.05) is 12.1 Å². The lowest BCUT2D eigenvalue weighted by atomic mass is 9.94. The molecule has 1 unspecified atom stereocenters. The first-order valence-corrected chi connectivity index (χ1v) is 12.4. The van der Waals surface area contributed by atoms with Crippen molar-refractivity contribution in [1.82, 2.24) is 9.21 Å². The molecule has 0 saturated carbocycles. The van der Waals surface area contributed by atoms with E-state index in [0.29, 0.717) is 12.0 Å². The number of carbonyl (C=O) groups excluding carboxylic acids is 2. The Morgan fingerprint density at radius 1 is 0.861 bits per heavy atom. The fraction of sp³-hybridized carbons (Fsp3) is 0.200. The molecule has 0 bridgehead atoms. The lowest BCUT2D eigenvalue weighted by molar-refractivity contribution is -0.274. The Morgan fingerprint density at radius 2 is 1.44 bits per heavy atom. The number of amides is 2. The minimum atomic E-state index is -4.91. The molecule has 0 N–H and O–H groups in total. The normalized spacial score (nSPS) is 18.2. The summed E-state index contributed by atoms with van der Waals surface area (Å²) in [5.41, 5.74) is 2.04. The lowest BCUT2D eigenvalue weighted by Gasteiger charge is -2.37. The molecule has 0 fully saturated rings. The van der Waals surface area contributed by atoms with E-state index in [9.17, 15) is 31.2 Å². The van der Waals surface area contributed by atoms with Gasteiger partial charge in [0.1, 0.15) is 5.75 Å². The SMILES string of the molecule is O=C1c2ccccc2C(=O)N1CC1c2ccccc2CCN1S(=O)(=O)c1ccc(OC(F)(F)F)cc1. The van der Waals surface area contributed by atoms with Gasteiger partial charge >= 0.3 is 6.36 Å². The van der Waals surface area contributed by atoms with Gasteiger partial charge in [-0.05, 0) is 53.9 Å². The van der Waals surface area contributed by atoms with E-state index in [2.05, 4.69) is 4.74 Å². The van der Waals surface area contributed by atoms with Crippen LogP contribution in [0.4, 0.5) is 13.2 Å². The summed E-state index contributed by atoms with van der Waals surface area (Å²) in [6.45, 7) is -0.147. The van der Waals surface area contributed by atoms with Crippen molar-refractivity contribution in [2.75, 3.05) is 13.1 Å². The van der Waals surface area contributed by atoms with Crippen LogP contribution in [0.3, 0.4) is 0 Å². The first-order chi connectivity index (χ1) is 17.1. The molecule has 7 nitrogen and oxygen atoms in total. The Balaban J connectivity index is 1.50. The highest BCUT2D eigenvalue weighted by atomic mass is 32.2. The summed E-state index contributed by atoms with van der Waals surface area (Å²) in [6.07, 6.45) is -4.52. The van der Waals surface area contributed by atoms with Crippen molar-refractivity contribution in [2.45, 2.75) is 23.7 Å². The highest BCUT2D eigenvalue weighted by Crippen LogP contribution is 2.37. The third kappa shape index (κ3) is 4.24. The van der Waals surface area contributed by atoms with Crippen molar-refractivity contribution in [3.05, 3.63) is 95.1 Å². The van der Waals surface area contributed by atoms with Crippen molar-refractivity contribution in [1.29, 1.82) is 0 Å². The molecule has 2 heterocycles. The lowest BCUT2D eigenvalue weighted by Crippen LogP contribution is -2.46. The zero-order chi connectivity index (χ0) is 25.7. The molecule has 2 amide bonds. The molecule has 0 radical (unpaired) electrons. The minimum absolute atomic E-state index is 0.0635. The molecule has 2 aliphatic heterocycles. The van der Waals surface area contributed by atoms with Gasteiger partial charge in [-0.25, -0.2) is 8.42 Å². The summed E-state index contributed by atoms with van der Waals surface area (Å²) in [5.74, 6) is -1.57. The van der Waals surface area contributed by atoms with Crippen LogP contribution >= 0.6 is 0 Å². The van der Waals surface area contributed by atoms with E-state index in [-0.39, 0.29) is 29.1 Å². The Labute approximate surface area is 204 Å². The first-order valence-electron chi connectivity index (χ1n) is 11.0. The zero-order valence-corrected chi connectivity index (χ0v) is 19.4. The summed E-state index contributed by atoms with van der Waals surface area (Å²) in [7, 11) is -4.21. The number of hydrogen-bond acceptors (Lipinski definition) is 5. The number of rotatable bonds is 5. The second-order valence-electron chi connectivity index (χ2n) is 8.37. The van der Waals surface area contributed by atoms with Gasteiger partial charge in [0.2, 0.25) is 10.0 Å². The van der Waals surface area contributed by atoms with Gasteiger partial charge in [0, 0.05) is 6.54 Å². The van der Waals surface area contributed by atoms with Crippen molar-refractivity contribution in [2.24, 2.45) is 0 Å². The van der Waals surface area contributed by atoms with E-state index in [0.717, 1.165) is 34.7 Å². The van der Waals surface area contributed by atoms with Crippen LogP contribution in [0.1, 0.15) is 37.9 Å². The molecule has 0 aliphatic carbocycles. The van der Waals surface area contributed by atoms with Crippen LogP contribution in [0.25, 0.3) is 0 Å². The van der Waals surface area contributed by atoms with Crippen LogP contribution in [0.15, 0.2) is 77.7 Å². The average molecular weight is 516 g/mol. The molecule has 2 aliphatic rings. The van der Waals surface area contributed by atoms with Gasteiger partial charge in [0.15, 0.2) is 0 Å². The quantitative estimate of drug-likeness (QED) is 0.476. The fourth-order valence-electron chi connectivity index (χ4n) is 4.63. The van der Waals surface area contributed by atoms with Crippen molar-refractivity contribution in [3.8, 4) is 5.75 Å². The van der Waals surface area contributed by atoms with Crippen LogP contribution in [-0.2, 0) is 16.4 Å². The molecular weight excluding hydrogens is 497 g/mol. The second-order valence-corrected chi connectivity index (χ2v) is 10.3. The van der Waals surface area contributed by atoms with Gasteiger partial charge in [-0.1, -0.05) is 36.4 Å². The van der Waals surface area contributed by atoms with E-state index in [4.69, 9.17) is 0 Å². The molecule has 0 aromatic heterocycles. The predicted octanol–water partition coefficient (Wildman–Crippen LogP) is 4.17. The van der Waals surface area contributed by atoms with Gasteiger partial charge in [0.05, 0.1) is 28.6 Å². The number of halogens is 3. The summed E-state index contributed by atoms with van der Waals surface area (Å²) in [4.78, 5) is 26.8. The molecule has 5 rings (SSSR count). The molecule has 36 heavy (non-hydrogen) atoms. The monoisotopic (exact) mass is 516 g/mol. The highest BCUT2D eigenvalue weighted by molar-refractivity contribution is 7.89. The summed E-state index contributed by atoms with van der Waals surface area (Å²) in [5, 5.41) is 0. The molecule has 1 atom stereocenters. The number of carbonyl (C=O) groups is 2. The third-order valence-electron chi connectivity index (χ3n) is 6.26. The standard InChI is InChI=1S/C25H19F3N2O5S/c26-25(27,28)35-17-9-11-18(12-10-17)36(33,34)30-14-13-16-5-1-2-6-19(16)22(30)15-29-23(31)20-7-3-4-8-21(20)24(29)32/h1-12,22H,13-15H2. The van der Waals surface area contributed by atoms with Crippen LogP contribution in [-0.4, -0.2) is 48.9 Å². The van der Waals surface area contributed by atoms with Crippen molar-refractivity contribution in [3.63, 3.8) is 0 Å². The molecule has 3 aromatic rings. The number of alkyl halides is 3. The predicted molar refractivity (Wildman–Crippen MR) is 122 cm³/mol. The van der Waals surface area contributed by atoms with Crippen molar-refractivity contribution >= 4 is 21.8 Å². The molecule has 0 spiro atoms. The number of imide groups is 1. The van der Waals surface area contributed by atoms with Gasteiger partial charge in [-0.2, -0.15) is 4.31 Å². The van der Waals surface area contributed by atoms with E-state index >= 15 is 0 Å². The number of nitrogens with zero attached hydrogens (tertiary/aromatic N) is 2. The maximum absolute atomic E-state index is 13.6. The van der Waals surface area contributed by atoms with Crippen LogP contribution in [0.5, 0.6) is 5.75 Å². The largest absolute Gasteiger partial charge is 0.573 e. The summed E-state index contributed by atoms with van der Waals surface area (Å²) in [6, 6.07) is 16.6. The molecule has 11 heteroatoms. The van der Waals surface area contributed by atoms with Crippen molar-refractivity contribution < 1.29 is 35.9 Å². The fourth-order valence-corrected chi connectivity index (χ4v) is 6.23. The van der Waals surface area contributed by atoms with Gasteiger partial charge in [0.25, 0.3) is 11.8 Å². The van der Waals surface area contributed by atoms with E-state index < -0.39 is 40.0 Å². The van der Waals surface area contributed by atoms with Gasteiger partial charge < -0.3 is 4.74 Å². The molecular formula is C25H19F3N2O5S.